The monoisotopic (exact) mass is 471 g/mol. The van der Waals surface area contributed by atoms with E-state index in [-0.39, 0.29) is 34.3 Å². The summed E-state index contributed by atoms with van der Waals surface area (Å²) in [5, 5.41) is 18.7. The van der Waals surface area contributed by atoms with Crippen LogP contribution in [0.25, 0.3) is 0 Å². The zero-order chi connectivity index (χ0) is 24.0. The summed E-state index contributed by atoms with van der Waals surface area (Å²) in [7, 11) is 1.42. The summed E-state index contributed by atoms with van der Waals surface area (Å²) in [6.45, 7) is 1.41. The second kappa shape index (κ2) is 10.4. The summed E-state index contributed by atoms with van der Waals surface area (Å²) in [5.41, 5.74) is 3.39. The summed E-state index contributed by atoms with van der Waals surface area (Å²) >= 11 is 6.03. The Balaban J connectivity index is 1.67. The first kappa shape index (κ1) is 23.4. The molecule has 33 heavy (non-hydrogen) atoms. The molecule has 11 nitrogen and oxygen atoms in total. The van der Waals surface area contributed by atoms with Crippen LogP contribution < -0.4 is 14.9 Å². The van der Waals surface area contributed by atoms with E-state index in [0.29, 0.717) is 11.3 Å². The van der Waals surface area contributed by atoms with Gasteiger partial charge in [-0.2, -0.15) is 10.2 Å². The lowest BCUT2D eigenvalue weighted by molar-refractivity contribution is -0.385. The van der Waals surface area contributed by atoms with Gasteiger partial charge in [0.15, 0.2) is 11.5 Å². The Hall–Kier alpha value is -4.25. The van der Waals surface area contributed by atoms with Crippen LogP contribution in [-0.4, -0.2) is 39.4 Å². The minimum absolute atomic E-state index is 0.184. The predicted octanol–water partition coefficient (Wildman–Crippen LogP) is 3.21. The molecular weight excluding hydrogens is 454 g/mol. The normalized spacial score (nSPS) is 11.1. The molecule has 2 aromatic carbocycles. The van der Waals surface area contributed by atoms with Crippen LogP contribution >= 0.6 is 11.6 Å². The smallest absolute Gasteiger partial charge is 0.345 e. The van der Waals surface area contributed by atoms with Crippen LogP contribution in [0, 0.1) is 10.1 Å². The van der Waals surface area contributed by atoms with E-state index in [2.05, 4.69) is 15.6 Å². The lowest BCUT2D eigenvalue weighted by Crippen LogP contribution is -2.24. The first-order valence-corrected chi connectivity index (χ1v) is 9.81. The van der Waals surface area contributed by atoms with Crippen LogP contribution in [0.4, 0.5) is 5.69 Å². The van der Waals surface area contributed by atoms with Gasteiger partial charge in [0, 0.05) is 5.56 Å². The highest BCUT2D eigenvalue weighted by Gasteiger charge is 2.16. The number of nitrogens with one attached hydrogen (secondary N) is 1. The highest BCUT2D eigenvalue weighted by Crippen LogP contribution is 2.30. The van der Waals surface area contributed by atoms with E-state index < -0.39 is 16.8 Å². The summed E-state index contributed by atoms with van der Waals surface area (Å²) < 4.78 is 11.8. The molecule has 0 spiro atoms. The standard InChI is InChI=1S/C21H18ClN5O6/c1-13(24-25-20(28)12-26-11-15(10-23-26)27(30)31)14-7-8-18(19(9-14)32-2)33-21(29)16-5-3-4-6-17(16)22/h3-11H,12H2,1-2H3,(H,25,28)/b24-13+. The Morgan fingerprint density at radius 1 is 1.24 bits per heavy atom. The molecule has 0 aliphatic carbocycles. The van der Waals surface area contributed by atoms with E-state index >= 15 is 0 Å². The van der Waals surface area contributed by atoms with E-state index in [4.69, 9.17) is 21.1 Å². The Bertz CT molecular complexity index is 1240. The molecule has 170 valence electrons. The Morgan fingerprint density at radius 3 is 2.67 bits per heavy atom. The van der Waals surface area contributed by atoms with Crippen LogP contribution in [0.5, 0.6) is 11.5 Å². The number of carbonyl (C=O) groups is 2. The van der Waals surface area contributed by atoms with Crippen LogP contribution in [0.15, 0.2) is 60.0 Å². The van der Waals surface area contributed by atoms with Crippen LogP contribution in [0.3, 0.4) is 0 Å². The average molecular weight is 472 g/mol. The third-order valence-electron chi connectivity index (χ3n) is 4.36. The molecule has 1 heterocycles. The molecule has 0 bridgehead atoms. The van der Waals surface area contributed by atoms with E-state index in [0.717, 1.165) is 17.1 Å². The number of methoxy groups -OCH3 is 1. The van der Waals surface area contributed by atoms with Gasteiger partial charge in [0.05, 0.1) is 28.3 Å². The third kappa shape index (κ3) is 5.92. The number of nitro groups is 1. The number of rotatable bonds is 8. The van der Waals surface area contributed by atoms with Crippen molar-refractivity contribution in [1.82, 2.24) is 15.2 Å². The second-order valence-corrected chi connectivity index (χ2v) is 7.03. The van der Waals surface area contributed by atoms with Gasteiger partial charge in [0.1, 0.15) is 18.9 Å². The lowest BCUT2D eigenvalue weighted by Gasteiger charge is -2.11. The molecule has 0 saturated carbocycles. The number of hydrogen-bond donors (Lipinski definition) is 1. The number of carbonyl (C=O) groups excluding carboxylic acids is 2. The van der Waals surface area contributed by atoms with Gasteiger partial charge in [-0.3, -0.25) is 19.6 Å². The van der Waals surface area contributed by atoms with E-state index in [1.807, 2.05) is 0 Å². The number of hydrogen-bond acceptors (Lipinski definition) is 8. The van der Waals surface area contributed by atoms with Crippen molar-refractivity contribution < 1.29 is 24.0 Å². The highest BCUT2D eigenvalue weighted by molar-refractivity contribution is 6.33. The molecule has 1 N–H and O–H groups in total. The van der Waals surface area contributed by atoms with Crippen LogP contribution in [0.2, 0.25) is 5.02 Å². The molecule has 0 atom stereocenters. The maximum absolute atomic E-state index is 12.4. The topological polar surface area (TPSA) is 138 Å². The number of amides is 1. The third-order valence-corrected chi connectivity index (χ3v) is 4.69. The number of ether oxygens (including phenoxy) is 2. The fourth-order valence-electron chi connectivity index (χ4n) is 2.69. The van der Waals surface area contributed by atoms with Crippen LogP contribution in [-0.2, 0) is 11.3 Å². The fourth-order valence-corrected chi connectivity index (χ4v) is 2.90. The van der Waals surface area contributed by atoms with Crippen molar-refractivity contribution in [2.45, 2.75) is 13.5 Å². The van der Waals surface area contributed by atoms with Crippen molar-refractivity contribution in [3.63, 3.8) is 0 Å². The number of halogens is 1. The Labute approximate surface area is 192 Å². The molecule has 12 heteroatoms. The number of esters is 1. The molecule has 0 saturated heterocycles. The number of nitrogens with zero attached hydrogens (tertiary/aromatic N) is 4. The zero-order valence-corrected chi connectivity index (χ0v) is 18.3. The Morgan fingerprint density at radius 2 is 2.00 bits per heavy atom. The predicted molar refractivity (Wildman–Crippen MR) is 119 cm³/mol. The molecular formula is C21H18ClN5O6. The molecule has 1 aromatic heterocycles. The van der Waals surface area contributed by atoms with Crippen molar-refractivity contribution in [3.05, 3.63) is 81.1 Å². The van der Waals surface area contributed by atoms with Crippen molar-refractivity contribution in [2.24, 2.45) is 5.10 Å². The van der Waals surface area contributed by atoms with Crippen molar-refractivity contribution in [1.29, 1.82) is 0 Å². The van der Waals surface area contributed by atoms with Crippen LogP contribution in [0.1, 0.15) is 22.8 Å². The largest absolute Gasteiger partial charge is 0.493 e. The second-order valence-electron chi connectivity index (χ2n) is 6.62. The summed E-state index contributed by atoms with van der Waals surface area (Å²) in [4.78, 5) is 34.5. The number of aromatic nitrogens is 2. The first-order chi connectivity index (χ1) is 15.8. The van der Waals surface area contributed by atoms with Gasteiger partial charge in [0.25, 0.3) is 5.91 Å². The van der Waals surface area contributed by atoms with Gasteiger partial charge in [-0.1, -0.05) is 23.7 Å². The van der Waals surface area contributed by atoms with Gasteiger partial charge in [-0.15, -0.1) is 0 Å². The quantitative estimate of drug-likeness (QED) is 0.175. The van der Waals surface area contributed by atoms with Gasteiger partial charge in [0.2, 0.25) is 0 Å². The van der Waals surface area contributed by atoms with Crippen molar-refractivity contribution in [2.75, 3.05) is 7.11 Å². The molecule has 0 aliphatic rings. The van der Waals surface area contributed by atoms with Gasteiger partial charge in [-0.05, 0) is 37.3 Å². The van der Waals surface area contributed by atoms with Gasteiger partial charge in [-0.25, -0.2) is 10.2 Å². The molecule has 3 aromatic rings. The maximum Gasteiger partial charge on any atom is 0.345 e. The minimum atomic E-state index is -0.636. The van der Waals surface area contributed by atoms with E-state index in [1.165, 1.54) is 13.2 Å². The average Bonchev–Trinajstić information content (AvgIpc) is 3.26. The molecule has 0 fully saturated rings. The first-order valence-electron chi connectivity index (χ1n) is 9.43. The maximum atomic E-state index is 12.4. The minimum Gasteiger partial charge on any atom is -0.493 e. The molecule has 1 amide bonds. The molecule has 0 unspecified atom stereocenters. The van der Waals surface area contributed by atoms with E-state index in [1.54, 1.807) is 43.3 Å². The molecule has 3 rings (SSSR count). The molecule has 0 aliphatic heterocycles. The summed E-state index contributed by atoms with van der Waals surface area (Å²) in [6, 6.07) is 11.3. The van der Waals surface area contributed by atoms with Gasteiger partial charge < -0.3 is 9.47 Å². The number of benzene rings is 2. The Kier molecular flexibility index (Phi) is 7.36. The summed E-state index contributed by atoms with van der Waals surface area (Å²) in [5.74, 6) is -0.700. The molecule has 0 radical (unpaired) electrons. The lowest BCUT2D eigenvalue weighted by atomic mass is 10.1. The number of hydrazone groups is 1. The SMILES string of the molecule is COc1cc(/C(C)=N/NC(=O)Cn2cc([N+](=O)[O-])cn2)ccc1OC(=O)c1ccccc1Cl. The summed E-state index contributed by atoms with van der Waals surface area (Å²) in [6.07, 6.45) is 2.19. The highest BCUT2D eigenvalue weighted by atomic mass is 35.5. The zero-order valence-electron chi connectivity index (χ0n) is 17.5. The fraction of sp³-hybridized carbons (Fsp3) is 0.143. The van der Waals surface area contributed by atoms with Gasteiger partial charge >= 0.3 is 11.7 Å². The van der Waals surface area contributed by atoms with E-state index in [9.17, 15) is 19.7 Å². The van der Waals surface area contributed by atoms with Crippen molar-refractivity contribution in [3.8, 4) is 11.5 Å². The van der Waals surface area contributed by atoms with Crippen molar-refractivity contribution >= 4 is 34.9 Å².